The second-order valence-corrected chi connectivity index (χ2v) is 5.64. The zero-order chi connectivity index (χ0) is 12.8. The van der Waals surface area contributed by atoms with E-state index in [9.17, 15) is 5.11 Å². The highest BCUT2D eigenvalue weighted by Crippen LogP contribution is 2.40. The van der Waals surface area contributed by atoms with Gasteiger partial charge >= 0.3 is 0 Å². The molecule has 0 bridgehead atoms. The predicted octanol–water partition coefficient (Wildman–Crippen LogP) is 1.32. The number of ether oxygens (including phenoxy) is 2. The molecule has 2 N–H and O–H groups in total. The molecule has 106 valence electrons. The molecule has 0 aromatic carbocycles. The summed E-state index contributed by atoms with van der Waals surface area (Å²) in [5.74, 6) is 0.592. The number of aliphatic hydroxyl groups excluding tert-OH is 1. The zero-order valence-corrected chi connectivity index (χ0v) is 11.5. The van der Waals surface area contributed by atoms with Crippen molar-refractivity contribution in [1.29, 1.82) is 0 Å². The molecule has 1 aliphatic heterocycles. The third-order valence-corrected chi connectivity index (χ3v) is 4.11. The van der Waals surface area contributed by atoms with Crippen LogP contribution in [0.3, 0.4) is 0 Å². The summed E-state index contributed by atoms with van der Waals surface area (Å²) in [6.45, 7) is 5.54. The number of rotatable bonds is 8. The lowest BCUT2D eigenvalue weighted by atomic mass is 9.94. The van der Waals surface area contributed by atoms with Crippen LogP contribution in [0.5, 0.6) is 0 Å². The van der Waals surface area contributed by atoms with Crippen LogP contribution in [-0.2, 0) is 9.47 Å². The van der Waals surface area contributed by atoms with Gasteiger partial charge in [-0.15, -0.1) is 0 Å². The van der Waals surface area contributed by atoms with E-state index in [0.29, 0.717) is 18.6 Å². The third kappa shape index (κ3) is 3.67. The largest absolute Gasteiger partial charge is 0.394 e. The lowest BCUT2D eigenvalue weighted by Crippen LogP contribution is -2.55. The van der Waals surface area contributed by atoms with E-state index in [0.717, 1.165) is 39.0 Å². The van der Waals surface area contributed by atoms with Crippen LogP contribution in [0.2, 0.25) is 0 Å². The Labute approximate surface area is 110 Å². The molecule has 4 nitrogen and oxygen atoms in total. The summed E-state index contributed by atoms with van der Waals surface area (Å²) < 4.78 is 11.4. The van der Waals surface area contributed by atoms with E-state index >= 15 is 0 Å². The van der Waals surface area contributed by atoms with E-state index in [2.05, 4.69) is 12.2 Å². The summed E-state index contributed by atoms with van der Waals surface area (Å²) in [4.78, 5) is 0. The van der Waals surface area contributed by atoms with Gasteiger partial charge in [-0.3, -0.25) is 0 Å². The molecule has 1 saturated carbocycles. The van der Waals surface area contributed by atoms with Crippen molar-refractivity contribution in [2.24, 2.45) is 5.92 Å². The molecule has 1 unspecified atom stereocenters. The summed E-state index contributed by atoms with van der Waals surface area (Å²) >= 11 is 0. The quantitative estimate of drug-likeness (QED) is 0.688. The minimum Gasteiger partial charge on any atom is -0.394 e. The minimum atomic E-state index is -0.200. The Morgan fingerprint density at radius 2 is 2.00 bits per heavy atom. The Kier molecular flexibility index (Phi) is 5.42. The van der Waals surface area contributed by atoms with Crippen molar-refractivity contribution < 1.29 is 14.6 Å². The summed E-state index contributed by atoms with van der Waals surface area (Å²) in [5.41, 5.74) is -0.200. The van der Waals surface area contributed by atoms with E-state index in [-0.39, 0.29) is 12.1 Å². The molecule has 1 aliphatic carbocycles. The van der Waals surface area contributed by atoms with Gasteiger partial charge in [0.05, 0.1) is 24.9 Å². The maximum Gasteiger partial charge on any atom is 0.0679 e. The van der Waals surface area contributed by atoms with E-state index in [4.69, 9.17) is 9.47 Å². The van der Waals surface area contributed by atoms with Crippen molar-refractivity contribution in [2.45, 2.75) is 50.7 Å². The summed E-state index contributed by atoms with van der Waals surface area (Å²) in [5, 5.41) is 13.3. The van der Waals surface area contributed by atoms with Crippen LogP contribution in [0.15, 0.2) is 0 Å². The first-order chi connectivity index (χ1) is 8.80. The van der Waals surface area contributed by atoms with Gasteiger partial charge in [0.15, 0.2) is 0 Å². The average molecular weight is 257 g/mol. The first kappa shape index (κ1) is 14.3. The number of nitrogens with one attached hydrogen (secondary N) is 1. The van der Waals surface area contributed by atoms with E-state index < -0.39 is 0 Å². The monoisotopic (exact) mass is 257 g/mol. The van der Waals surface area contributed by atoms with Crippen molar-refractivity contribution in [2.75, 3.05) is 33.0 Å². The van der Waals surface area contributed by atoms with Crippen LogP contribution in [0.4, 0.5) is 0 Å². The lowest BCUT2D eigenvalue weighted by molar-refractivity contribution is -0.0637. The molecule has 4 heteroatoms. The van der Waals surface area contributed by atoms with Crippen molar-refractivity contribution in [3.63, 3.8) is 0 Å². The Hall–Kier alpha value is -0.160. The fourth-order valence-electron chi connectivity index (χ4n) is 2.66. The number of aliphatic hydroxyl groups is 1. The molecule has 1 saturated heterocycles. The van der Waals surface area contributed by atoms with Crippen LogP contribution in [0.25, 0.3) is 0 Å². The molecule has 2 fully saturated rings. The molecule has 18 heavy (non-hydrogen) atoms. The van der Waals surface area contributed by atoms with Gasteiger partial charge in [0, 0.05) is 13.2 Å². The van der Waals surface area contributed by atoms with Crippen molar-refractivity contribution in [3.8, 4) is 0 Å². The zero-order valence-electron chi connectivity index (χ0n) is 11.5. The second-order valence-electron chi connectivity index (χ2n) is 5.64. The standard InChI is InChI=1S/C14H27NO3/c1-2-7-15-14(10-16,12-3-4-12)11-18-13-5-8-17-9-6-13/h12-13,15-16H,2-11H2,1H3. The molecule has 0 spiro atoms. The van der Waals surface area contributed by atoms with Gasteiger partial charge in [-0.25, -0.2) is 0 Å². The Morgan fingerprint density at radius 1 is 1.28 bits per heavy atom. The van der Waals surface area contributed by atoms with Gasteiger partial charge in [0.25, 0.3) is 0 Å². The molecule has 0 aromatic heterocycles. The summed E-state index contributed by atoms with van der Waals surface area (Å²) in [6, 6.07) is 0. The van der Waals surface area contributed by atoms with Gasteiger partial charge in [0.1, 0.15) is 0 Å². The van der Waals surface area contributed by atoms with Crippen molar-refractivity contribution in [3.05, 3.63) is 0 Å². The van der Waals surface area contributed by atoms with Crippen LogP contribution < -0.4 is 5.32 Å². The number of hydrogen-bond acceptors (Lipinski definition) is 4. The Bertz CT molecular complexity index is 239. The topological polar surface area (TPSA) is 50.7 Å². The molecule has 0 amide bonds. The molecule has 2 aliphatic rings. The van der Waals surface area contributed by atoms with Crippen molar-refractivity contribution in [1.82, 2.24) is 5.32 Å². The van der Waals surface area contributed by atoms with Crippen LogP contribution in [0.1, 0.15) is 39.0 Å². The maximum atomic E-state index is 9.78. The van der Waals surface area contributed by atoms with Crippen LogP contribution >= 0.6 is 0 Å². The van der Waals surface area contributed by atoms with Gasteiger partial charge in [0.2, 0.25) is 0 Å². The summed E-state index contributed by atoms with van der Waals surface area (Å²) in [7, 11) is 0. The second kappa shape index (κ2) is 6.85. The fourth-order valence-corrected chi connectivity index (χ4v) is 2.66. The van der Waals surface area contributed by atoms with E-state index in [1.54, 1.807) is 0 Å². The molecule has 0 aromatic rings. The average Bonchev–Trinajstić information content (AvgIpc) is 3.26. The highest BCUT2D eigenvalue weighted by Gasteiger charge is 2.45. The third-order valence-electron chi connectivity index (χ3n) is 4.11. The first-order valence-corrected chi connectivity index (χ1v) is 7.36. The van der Waals surface area contributed by atoms with Gasteiger partial charge < -0.3 is 19.9 Å². The van der Waals surface area contributed by atoms with Gasteiger partial charge in [-0.05, 0) is 44.6 Å². The highest BCUT2D eigenvalue weighted by atomic mass is 16.5. The highest BCUT2D eigenvalue weighted by molar-refractivity contribution is 5.01. The molecular weight excluding hydrogens is 230 g/mol. The summed E-state index contributed by atoms with van der Waals surface area (Å²) in [6.07, 6.45) is 5.81. The minimum absolute atomic E-state index is 0.181. The van der Waals surface area contributed by atoms with E-state index in [1.165, 1.54) is 12.8 Å². The molecular formula is C14H27NO3. The normalized spacial score (nSPS) is 25.0. The first-order valence-electron chi connectivity index (χ1n) is 7.36. The molecule has 0 radical (unpaired) electrons. The van der Waals surface area contributed by atoms with Crippen LogP contribution in [-0.4, -0.2) is 49.7 Å². The number of hydrogen-bond donors (Lipinski definition) is 2. The van der Waals surface area contributed by atoms with Crippen LogP contribution in [0, 0.1) is 5.92 Å². The SMILES string of the molecule is CCCNC(CO)(COC1CCOCC1)C1CC1. The van der Waals surface area contributed by atoms with Gasteiger partial charge in [-0.1, -0.05) is 6.92 Å². The molecule has 2 rings (SSSR count). The molecule has 1 atom stereocenters. The molecule has 1 heterocycles. The van der Waals surface area contributed by atoms with Crippen molar-refractivity contribution >= 4 is 0 Å². The van der Waals surface area contributed by atoms with Gasteiger partial charge in [-0.2, -0.15) is 0 Å². The predicted molar refractivity (Wildman–Crippen MR) is 70.6 cm³/mol. The Morgan fingerprint density at radius 3 is 2.56 bits per heavy atom. The van der Waals surface area contributed by atoms with E-state index in [1.807, 2.05) is 0 Å². The Balaban J connectivity index is 1.83. The maximum absolute atomic E-state index is 9.78. The fraction of sp³-hybridized carbons (Fsp3) is 1.00. The smallest absolute Gasteiger partial charge is 0.0679 e. The lowest BCUT2D eigenvalue weighted by Gasteiger charge is -2.35.